The Morgan fingerprint density at radius 2 is 1.84 bits per heavy atom. The molecule has 0 aliphatic carbocycles. The van der Waals surface area contributed by atoms with Crippen LogP contribution in [0, 0.1) is 0 Å². The third-order valence-corrected chi connectivity index (χ3v) is 4.49. The lowest BCUT2D eigenvalue weighted by molar-refractivity contribution is 0.0119. The van der Waals surface area contributed by atoms with Crippen molar-refractivity contribution in [2.75, 3.05) is 19.6 Å². The number of hydrogen-bond donors (Lipinski definition) is 0. The molecule has 1 heterocycles. The highest BCUT2D eigenvalue weighted by atomic mass is 79.9. The number of halogens is 1. The normalized spacial score (nSPS) is 13.0. The summed E-state index contributed by atoms with van der Waals surface area (Å²) in [6.07, 6.45) is -0.293. The van der Waals surface area contributed by atoms with Crippen LogP contribution in [0.1, 0.15) is 52.9 Å². The molecular weight excluding hydrogens is 382 g/mol. The van der Waals surface area contributed by atoms with E-state index in [1.807, 2.05) is 39.0 Å². The third kappa shape index (κ3) is 7.74. The highest BCUT2D eigenvalue weighted by Crippen LogP contribution is 2.16. The number of rotatable bonds is 8. The van der Waals surface area contributed by atoms with Gasteiger partial charge in [0.05, 0.1) is 17.9 Å². The Morgan fingerprint density at radius 1 is 1.24 bits per heavy atom. The quantitative estimate of drug-likeness (QED) is 0.590. The van der Waals surface area contributed by atoms with E-state index in [0.29, 0.717) is 11.9 Å². The molecule has 0 aromatic carbocycles. The zero-order valence-corrected chi connectivity index (χ0v) is 18.0. The molecule has 0 saturated heterocycles. The Hall–Kier alpha value is -1.14. The van der Waals surface area contributed by atoms with Crippen molar-refractivity contribution in [2.45, 2.75) is 65.1 Å². The summed E-state index contributed by atoms with van der Waals surface area (Å²) >= 11 is 3.43. The fourth-order valence-corrected chi connectivity index (χ4v) is 2.85. The largest absolute Gasteiger partial charge is 0.444 e. The van der Waals surface area contributed by atoms with Crippen LogP contribution in [0.2, 0.25) is 0 Å². The Kier molecular flexibility index (Phi) is 8.86. The van der Waals surface area contributed by atoms with Gasteiger partial charge in [-0.1, -0.05) is 35.8 Å². The first-order valence-corrected chi connectivity index (χ1v) is 10.0. The molecule has 0 aliphatic heterocycles. The standard InChI is InChI=1S/C19H32BrN3O2/c1-7-22(8-2)13-15(3)23(18(24)25-19(4,5)6)14-17-11-9-10-16(12-20)21-17/h9-11,15H,7-8,12-14H2,1-6H3. The summed E-state index contributed by atoms with van der Waals surface area (Å²) in [5.74, 6) is 0. The van der Waals surface area contributed by atoms with Crippen molar-refractivity contribution in [3.63, 3.8) is 0 Å². The van der Waals surface area contributed by atoms with Crippen molar-refractivity contribution in [1.82, 2.24) is 14.8 Å². The van der Waals surface area contributed by atoms with Crippen LogP contribution in [0.5, 0.6) is 0 Å². The van der Waals surface area contributed by atoms with E-state index < -0.39 is 5.60 Å². The highest BCUT2D eigenvalue weighted by Gasteiger charge is 2.27. The first-order chi connectivity index (χ1) is 11.7. The minimum absolute atomic E-state index is 0.0316. The number of carbonyl (C=O) groups is 1. The molecular formula is C19H32BrN3O2. The van der Waals surface area contributed by atoms with Gasteiger partial charge in [-0.15, -0.1) is 0 Å². The Labute approximate surface area is 160 Å². The molecule has 1 aromatic heterocycles. The van der Waals surface area contributed by atoms with Gasteiger partial charge in [-0.25, -0.2) is 4.79 Å². The Bertz CT molecular complexity index is 542. The third-order valence-electron chi connectivity index (χ3n) is 3.91. The van der Waals surface area contributed by atoms with E-state index in [9.17, 15) is 4.79 Å². The molecule has 142 valence electrons. The van der Waals surface area contributed by atoms with Crippen molar-refractivity contribution >= 4 is 22.0 Å². The van der Waals surface area contributed by atoms with Gasteiger partial charge < -0.3 is 9.64 Å². The number of amides is 1. The minimum Gasteiger partial charge on any atom is -0.444 e. The van der Waals surface area contributed by atoms with Crippen molar-refractivity contribution in [1.29, 1.82) is 0 Å². The minimum atomic E-state index is -0.518. The summed E-state index contributed by atoms with van der Waals surface area (Å²) in [5.41, 5.74) is 1.31. The van der Waals surface area contributed by atoms with E-state index in [4.69, 9.17) is 4.74 Å². The molecule has 1 atom stereocenters. The van der Waals surface area contributed by atoms with E-state index in [2.05, 4.69) is 46.6 Å². The molecule has 0 bridgehead atoms. The SMILES string of the molecule is CCN(CC)CC(C)N(Cc1cccc(CBr)n1)C(=O)OC(C)(C)C. The number of pyridine rings is 1. The summed E-state index contributed by atoms with van der Waals surface area (Å²) < 4.78 is 5.63. The monoisotopic (exact) mass is 413 g/mol. The van der Waals surface area contributed by atoms with Crippen LogP contribution in [-0.2, 0) is 16.6 Å². The van der Waals surface area contributed by atoms with E-state index in [-0.39, 0.29) is 12.1 Å². The van der Waals surface area contributed by atoms with Gasteiger partial charge in [0.25, 0.3) is 0 Å². The molecule has 0 fully saturated rings. The van der Waals surface area contributed by atoms with Gasteiger partial charge in [0.1, 0.15) is 5.60 Å². The van der Waals surface area contributed by atoms with Crippen LogP contribution in [0.4, 0.5) is 4.79 Å². The summed E-state index contributed by atoms with van der Waals surface area (Å²) in [7, 11) is 0. The lowest BCUT2D eigenvalue weighted by Crippen LogP contribution is -2.47. The molecule has 0 radical (unpaired) electrons. The zero-order chi connectivity index (χ0) is 19.0. The van der Waals surface area contributed by atoms with E-state index in [1.54, 1.807) is 4.90 Å². The summed E-state index contributed by atoms with van der Waals surface area (Å²) in [4.78, 5) is 21.5. The molecule has 6 heteroatoms. The first kappa shape index (κ1) is 21.9. The second kappa shape index (κ2) is 10.1. The summed E-state index contributed by atoms with van der Waals surface area (Å²) in [6, 6.07) is 5.92. The molecule has 1 aromatic rings. The summed E-state index contributed by atoms with van der Waals surface area (Å²) in [5, 5.41) is 0.697. The zero-order valence-electron chi connectivity index (χ0n) is 16.4. The lowest BCUT2D eigenvalue weighted by atomic mass is 10.2. The molecule has 0 spiro atoms. The predicted molar refractivity (Wildman–Crippen MR) is 106 cm³/mol. The van der Waals surface area contributed by atoms with Crippen LogP contribution in [0.25, 0.3) is 0 Å². The Morgan fingerprint density at radius 3 is 2.36 bits per heavy atom. The van der Waals surface area contributed by atoms with Crippen molar-refractivity contribution in [2.24, 2.45) is 0 Å². The fourth-order valence-electron chi connectivity index (χ4n) is 2.54. The maximum atomic E-state index is 12.8. The molecule has 1 amide bonds. The maximum absolute atomic E-state index is 12.8. The lowest BCUT2D eigenvalue weighted by Gasteiger charge is -2.34. The average molecular weight is 414 g/mol. The summed E-state index contributed by atoms with van der Waals surface area (Å²) in [6.45, 7) is 15.2. The second-order valence-electron chi connectivity index (χ2n) is 7.20. The predicted octanol–water partition coefficient (Wildman–Crippen LogP) is 4.44. The molecule has 1 rings (SSSR count). The van der Waals surface area contributed by atoms with Crippen LogP contribution in [0.3, 0.4) is 0 Å². The van der Waals surface area contributed by atoms with Crippen LogP contribution < -0.4 is 0 Å². The van der Waals surface area contributed by atoms with Crippen molar-refractivity contribution in [3.05, 3.63) is 29.6 Å². The van der Waals surface area contributed by atoms with Crippen LogP contribution >= 0.6 is 15.9 Å². The molecule has 0 N–H and O–H groups in total. The van der Waals surface area contributed by atoms with Gasteiger partial charge in [-0.3, -0.25) is 9.88 Å². The van der Waals surface area contributed by atoms with Gasteiger partial charge in [0, 0.05) is 17.9 Å². The topological polar surface area (TPSA) is 45.7 Å². The number of carbonyl (C=O) groups excluding carboxylic acids is 1. The number of likely N-dealkylation sites (N-methyl/N-ethyl adjacent to an activating group) is 1. The van der Waals surface area contributed by atoms with Crippen LogP contribution in [0.15, 0.2) is 18.2 Å². The van der Waals surface area contributed by atoms with Gasteiger partial charge in [-0.05, 0) is 52.9 Å². The van der Waals surface area contributed by atoms with Gasteiger partial charge in [0.15, 0.2) is 0 Å². The van der Waals surface area contributed by atoms with E-state index in [0.717, 1.165) is 31.0 Å². The number of alkyl halides is 1. The van der Waals surface area contributed by atoms with Gasteiger partial charge in [0.2, 0.25) is 0 Å². The fraction of sp³-hybridized carbons (Fsp3) is 0.684. The van der Waals surface area contributed by atoms with Crippen molar-refractivity contribution in [3.8, 4) is 0 Å². The first-order valence-electron chi connectivity index (χ1n) is 8.92. The molecule has 1 unspecified atom stereocenters. The van der Waals surface area contributed by atoms with Gasteiger partial charge in [-0.2, -0.15) is 0 Å². The molecule has 25 heavy (non-hydrogen) atoms. The van der Waals surface area contributed by atoms with E-state index in [1.165, 1.54) is 0 Å². The van der Waals surface area contributed by atoms with Gasteiger partial charge >= 0.3 is 6.09 Å². The second-order valence-corrected chi connectivity index (χ2v) is 7.76. The Balaban J connectivity index is 2.98. The van der Waals surface area contributed by atoms with Crippen LogP contribution in [-0.4, -0.2) is 52.2 Å². The maximum Gasteiger partial charge on any atom is 0.410 e. The number of ether oxygens (including phenoxy) is 1. The highest BCUT2D eigenvalue weighted by molar-refractivity contribution is 9.08. The number of hydrogen-bond acceptors (Lipinski definition) is 4. The number of aromatic nitrogens is 1. The molecule has 0 saturated carbocycles. The molecule has 5 nitrogen and oxygen atoms in total. The smallest absolute Gasteiger partial charge is 0.410 e. The molecule has 0 aliphatic rings. The average Bonchev–Trinajstić information content (AvgIpc) is 2.55. The van der Waals surface area contributed by atoms with Crippen molar-refractivity contribution < 1.29 is 9.53 Å². The van der Waals surface area contributed by atoms with E-state index >= 15 is 0 Å². The number of nitrogens with zero attached hydrogens (tertiary/aromatic N) is 3.